The Balaban J connectivity index is 2.17. The van der Waals surface area contributed by atoms with Crippen LogP contribution in [0.4, 0.5) is 0 Å². The van der Waals surface area contributed by atoms with Crippen molar-refractivity contribution in [3.63, 3.8) is 0 Å². The van der Waals surface area contributed by atoms with Gasteiger partial charge in [-0.2, -0.15) is 4.31 Å². The Kier molecular flexibility index (Phi) is 5.78. The maximum absolute atomic E-state index is 12.6. The van der Waals surface area contributed by atoms with Gasteiger partial charge in [-0.3, -0.25) is 4.79 Å². The Morgan fingerprint density at radius 3 is 2.39 bits per heavy atom. The molecule has 0 aliphatic carbocycles. The number of aliphatic carboxylic acids is 1. The van der Waals surface area contributed by atoms with Crippen molar-refractivity contribution in [3.05, 3.63) is 35.4 Å². The van der Waals surface area contributed by atoms with Gasteiger partial charge in [-0.05, 0) is 24.5 Å². The van der Waals surface area contributed by atoms with Crippen LogP contribution in [0.5, 0.6) is 0 Å². The fourth-order valence-corrected chi connectivity index (χ4v) is 4.56. The maximum atomic E-state index is 12.6. The van der Waals surface area contributed by atoms with Gasteiger partial charge in [-0.25, -0.2) is 8.42 Å². The summed E-state index contributed by atoms with van der Waals surface area (Å²) in [6.07, 6.45) is 0.714. The molecule has 23 heavy (non-hydrogen) atoms. The number of carboxylic acid groups (broad SMARTS) is 1. The van der Waals surface area contributed by atoms with Crippen LogP contribution in [-0.2, 0) is 31.7 Å². The van der Waals surface area contributed by atoms with E-state index >= 15 is 0 Å². The highest BCUT2D eigenvalue weighted by Gasteiger charge is 2.43. The topological polar surface area (TPSA) is 83.9 Å². The van der Waals surface area contributed by atoms with Crippen molar-refractivity contribution in [2.24, 2.45) is 0 Å². The van der Waals surface area contributed by atoms with E-state index in [1.54, 1.807) is 12.1 Å². The molecule has 0 radical (unpaired) electrons. The summed E-state index contributed by atoms with van der Waals surface area (Å²) in [5.41, 5.74) is 1.79. The molecule has 1 aromatic carbocycles. The van der Waals surface area contributed by atoms with Crippen molar-refractivity contribution in [3.8, 4) is 0 Å². The quantitative estimate of drug-likeness (QED) is 0.815. The average molecular weight is 341 g/mol. The second-order valence-electron chi connectivity index (χ2n) is 5.66. The van der Waals surface area contributed by atoms with E-state index < -0.39 is 22.0 Å². The summed E-state index contributed by atoms with van der Waals surface area (Å²) in [5, 5.41) is 9.31. The first-order valence-electron chi connectivity index (χ1n) is 7.79. The fourth-order valence-electron chi connectivity index (χ4n) is 2.82. The Bertz CT molecular complexity index is 641. The Hall–Kier alpha value is -1.44. The van der Waals surface area contributed by atoms with Crippen LogP contribution in [-0.4, -0.2) is 49.1 Å². The molecule has 1 saturated heterocycles. The first-order valence-corrected chi connectivity index (χ1v) is 9.40. The van der Waals surface area contributed by atoms with Crippen molar-refractivity contribution < 1.29 is 23.1 Å². The van der Waals surface area contributed by atoms with Gasteiger partial charge in [0.25, 0.3) is 0 Å². The lowest BCUT2D eigenvalue weighted by Crippen LogP contribution is -2.41. The zero-order valence-corrected chi connectivity index (χ0v) is 14.3. The lowest BCUT2D eigenvalue weighted by molar-refractivity contribution is -0.140. The number of nitrogens with zero attached hydrogens (tertiary/aromatic N) is 1. The largest absolute Gasteiger partial charge is 0.480 e. The number of carboxylic acids is 1. The molecule has 1 N–H and O–H groups in total. The SMILES string of the molecule is CCO[C@@H]1C[C@@H](C(=O)O)N(S(=O)(=O)Cc2ccc(CC)cc2)C1. The summed E-state index contributed by atoms with van der Waals surface area (Å²) >= 11 is 0. The lowest BCUT2D eigenvalue weighted by Gasteiger charge is -2.20. The average Bonchev–Trinajstić information content (AvgIpc) is 2.93. The Labute approximate surface area is 137 Å². The number of aryl methyl sites for hydroxylation is 1. The van der Waals surface area contributed by atoms with Crippen molar-refractivity contribution in [1.82, 2.24) is 4.31 Å². The van der Waals surface area contributed by atoms with E-state index in [0.29, 0.717) is 12.2 Å². The molecule has 0 saturated carbocycles. The Morgan fingerprint density at radius 1 is 1.26 bits per heavy atom. The predicted molar refractivity (Wildman–Crippen MR) is 86.6 cm³/mol. The third-order valence-corrected chi connectivity index (χ3v) is 5.86. The zero-order valence-electron chi connectivity index (χ0n) is 13.4. The molecule has 0 aromatic heterocycles. The van der Waals surface area contributed by atoms with E-state index in [9.17, 15) is 18.3 Å². The van der Waals surface area contributed by atoms with E-state index in [4.69, 9.17) is 4.74 Å². The van der Waals surface area contributed by atoms with Crippen molar-refractivity contribution in [2.75, 3.05) is 13.2 Å². The number of benzene rings is 1. The molecular formula is C16H23NO5S. The van der Waals surface area contributed by atoms with Crippen LogP contribution in [0.15, 0.2) is 24.3 Å². The van der Waals surface area contributed by atoms with Crippen LogP contribution in [0.2, 0.25) is 0 Å². The minimum atomic E-state index is -3.71. The smallest absolute Gasteiger partial charge is 0.322 e. The fraction of sp³-hybridized carbons (Fsp3) is 0.562. The molecule has 128 valence electrons. The molecule has 6 nitrogen and oxygen atoms in total. The minimum absolute atomic E-state index is 0.0974. The molecule has 0 amide bonds. The number of rotatable bonds is 7. The first kappa shape index (κ1) is 17.9. The van der Waals surface area contributed by atoms with E-state index in [2.05, 4.69) is 0 Å². The van der Waals surface area contributed by atoms with Crippen LogP contribution >= 0.6 is 0 Å². The lowest BCUT2D eigenvalue weighted by atomic mass is 10.1. The molecule has 1 heterocycles. The molecular weight excluding hydrogens is 318 g/mol. The van der Waals surface area contributed by atoms with E-state index in [1.165, 1.54) is 0 Å². The number of ether oxygens (including phenoxy) is 1. The highest BCUT2D eigenvalue weighted by atomic mass is 32.2. The first-order chi connectivity index (χ1) is 10.9. The predicted octanol–water partition coefficient (Wildman–Crippen LogP) is 1.64. The molecule has 0 bridgehead atoms. The Morgan fingerprint density at radius 2 is 1.87 bits per heavy atom. The monoisotopic (exact) mass is 341 g/mol. The van der Waals surface area contributed by atoms with Gasteiger partial charge in [-0.15, -0.1) is 0 Å². The van der Waals surface area contributed by atoms with Gasteiger partial charge in [0.15, 0.2) is 0 Å². The molecule has 1 aliphatic rings. The molecule has 1 fully saturated rings. The molecule has 2 atom stereocenters. The van der Waals surface area contributed by atoms with Crippen LogP contribution in [0.3, 0.4) is 0 Å². The highest BCUT2D eigenvalue weighted by molar-refractivity contribution is 7.88. The van der Waals surface area contributed by atoms with Crippen LogP contribution in [0.25, 0.3) is 0 Å². The summed E-state index contributed by atoms with van der Waals surface area (Å²) in [5.74, 6) is -1.32. The summed E-state index contributed by atoms with van der Waals surface area (Å²) in [6.45, 7) is 4.37. The summed E-state index contributed by atoms with van der Waals surface area (Å²) in [4.78, 5) is 11.4. The van der Waals surface area contributed by atoms with Gasteiger partial charge in [0, 0.05) is 19.6 Å². The molecule has 1 aliphatic heterocycles. The van der Waals surface area contributed by atoms with Gasteiger partial charge in [0.1, 0.15) is 6.04 Å². The van der Waals surface area contributed by atoms with Gasteiger partial charge in [0.05, 0.1) is 11.9 Å². The van der Waals surface area contributed by atoms with Crippen LogP contribution < -0.4 is 0 Å². The summed E-state index contributed by atoms with van der Waals surface area (Å²) in [6, 6.07) is 6.30. The number of sulfonamides is 1. The summed E-state index contributed by atoms with van der Waals surface area (Å²) < 4.78 is 31.7. The second kappa shape index (κ2) is 7.42. The molecule has 1 aromatic rings. The van der Waals surface area contributed by atoms with Gasteiger partial charge < -0.3 is 9.84 Å². The second-order valence-corrected chi connectivity index (χ2v) is 7.58. The van der Waals surface area contributed by atoms with Gasteiger partial charge in [-0.1, -0.05) is 31.2 Å². The van der Waals surface area contributed by atoms with Crippen molar-refractivity contribution in [2.45, 2.75) is 44.6 Å². The van der Waals surface area contributed by atoms with E-state index in [-0.39, 0.29) is 24.8 Å². The van der Waals surface area contributed by atoms with Crippen molar-refractivity contribution >= 4 is 16.0 Å². The van der Waals surface area contributed by atoms with E-state index in [1.807, 2.05) is 26.0 Å². The number of hydrogen-bond acceptors (Lipinski definition) is 4. The number of hydrogen-bond donors (Lipinski definition) is 1. The highest BCUT2D eigenvalue weighted by Crippen LogP contribution is 2.26. The van der Waals surface area contributed by atoms with Crippen LogP contribution in [0.1, 0.15) is 31.4 Å². The third-order valence-electron chi connectivity index (χ3n) is 4.04. The maximum Gasteiger partial charge on any atom is 0.322 e. The normalized spacial score (nSPS) is 22.3. The molecule has 0 spiro atoms. The van der Waals surface area contributed by atoms with Gasteiger partial charge >= 0.3 is 5.97 Å². The number of carbonyl (C=O) groups is 1. The van der Waals surface area contributed by atoms with Gasteiger partial charge in [0.2, 0.25) is 10.0 Å². The van der Waals surface area contributed by atoms with Crippen molar-refractivity contribution in [1.29, 1.82) is 0 Å². The molecule has 2 rings (SSSR count). The van der Waals surface area contributed by atoms with E-state index in [0.717, 1.165) is 16.3 Å². The molecule has 7 heteroatoms. The summed E-state index contributed by atoms with van der Waals surface area (Å²) in [7, 11) is -3.71. The molecule has 0 unspecified atom stereocenters. The minimum Gasteiger partial charge on any atom is -0.480 e. The third kappa shape index (κ3) is 4.31. The van der Waals surface area contributed by atoms with Crippen LogP contribution in [0, 0.1) is 0 Å². The standard InChI is InChI=1S/C16H23NO5S/c1-3-12-5-7-13(8-6-12)11-23(20,21)17-10-14(22-4-2)9-15(17)16(18)19/h5-8,14-15H,3-4,9-11H2,1-2H3,(H,18,19)/t14-,15+/m1/s1. The zero-order chi connectivity index (χ0) is 17.0.